The van der Waals surface area contributed by atoms with Crippen molar-refractivity contribution in [2.24, 2.45) is 5.92 Å². The van der Waals surface area contributed by atoms with Crippen molar-refractivity contribution in [1.29, 1.82) is 0 Å². The summed E-state index contributed by atoms with van der Waals surface area (Å²) in [4.78, 5) is 14.8. The number of methoxy groups -OCH3 is 1. The van der Waals surface area contributed by atoms with E-state index in [1.807, 2.05) is 11.0 Å². The summed E-state index contributed by atoms with van der Waals surface area (Å²) in [6.45, 7) is 2.22. The van der Waals surface area contributed by atoms with Gasteiger partial charge in [0.1, 0.15) is 0 Å². The van der Waals surface area contributed by atoms with Crippen LogP contribution in [0.1, 0.15) is 43.2 Å². The minimum atomic E-state index is -3.54. The van der Waals surface area contributed by atoms with Gasteiger partial charge in [-0.3, -0.25) is 4.79 Å². The molecule has 7 heteroatoms. The number of fused-ring (bicyclic) bond motifs is 1. The van der Waals surface area contributed by atoms with Gasteiger partial charge in [0.05, 0.1) is 11.5 Å². The van der Waals surface area contributed by atoms with E-state index < -0.39 is 10.0 Å². The average Bonchev–Trinajstić information content (AvgIpc) is 3.08. The molecule has 3 aliphatic rings. The monoisotopic (exact) mass is 392 g/mol. The molecule has 0 bridgehead atoms. The van der Waals surface area contributed by atoms with Crippen molar-refractivity contribution >= 4 is 15.9 Å². The third-order valence-corrected chi connectivity index (χ3v) is 8.19. The number of nitrogens with zero attached hydrogens (tertiary/aromatic N) is 2. The van der Waals surface area contributed by atoms with Crippen LogP contribution in [-0.2, 0) is 32.5 Å². The Bertz CT molecular complexity index is 819. The quantitative estimate of drug-likeness (QED) is 0.770. The second-order valence-corrected chi connectivity index (χ2v) is 9.83. The largest absolute Gasteiger partial charge is 0.383 e. The van der Waals surface area contributed by atoms with E-state index in [9.17, 15) is 13.2 Å². The fourth-order valence-corrected chi connectivity index (χ4v) is 6.15. The lowest BCUT2D eigenvalue weighted by molar-refractivity contribution is -0.139. The number of sulfonamides is 1. The molecule has 0 N–H and O–H groups in total. The van der Waals surface area contributed by atoms with Crippen molar-refractivity contribution in [1.82, 2.24) is 9.21 Å². The van der Waals surface area contributed by atoms with Gasteiger partial charge < -0.3 is 9.64 Å². The summed E-state index contributed by atoms with van der Waals surface area (Å²) < 4.78 is 33.1. The van der Waals surface area contributed by atoms with E-state index in [-0.39, 0.29) is 17.9 Å². The number of rotatable bonds is 5. The van der Waals surface area contributed by atoms with Crippen molar-refractivity contribution in [3.05, 3.63) is 29.3 Å². The van der Waals surface area contributed by atoms with Crippen LogP contribution >= 0.6 is 0 Å². The van der Waals surface area contributed by atoms with Crippen LogP contribution in [-0.4, -0.2) is 56.4 Å². The summed E-state index contributed by atoms with van der Waals surface area (Å²) in [5.41, 5.74) is 2.12. The highest BCUT2D eigenvalue weighted by Crippen LogP contribution is 2.32. The molecule has 1 unspecified atom stereocenters. The van der Waals surface area contributed by atoms with Crippen LogP contribution in [0.2, 0.25) is 0 Å². The molecule has 1 saturated heterocycles. The van der Waals surface area contributed by atoms with Crippen LogP contribution in [0, 0.1) is 5.92 Å². The Morgan fingerprint density at radius 1 is 1.15 bits per heavy atom. The predicted molar refractivity (Wildman–Crippen MR) is 102 cm³/mol. The zero-order valence-corrected chi connectivity index (χ0v) is 16.7. The van der Waals surface area contributed by atoms with Crippen molar-refractivity contribution in [2.45, 2.75) is 56.0 Å². The molecule has 27 heavy (non-hydrogen) atoms. The maximum atomic E-state index is 13.2. The van der Waals surface area contributed by atoms with Crippen LogP contribution in [0.3, 0.4) is 0 Å². The topological polar surface area (TPSA) is 66.9 Å². The fourth-order valence-electron chi connectivity index (χ4n) is 4.42. The van der Waals surface area contributed by atoms with Crippen molar-refractivity contribution in [3.8, 4) is 0 Å². The molecule has 2 heterocycles. The van der Waals surface area contributed by atoms with Crippen molar-refractivity contribution in [2.75, 3.05) is 26.8 Å². The zero-order chi connectivity index (χ0) is 19.0. The molecule has 1 atom stereocenters. The number of hydrogen-bond acceptors (Lipinski definition) is 4. The Balaban J connectivity index is 1.56. The van der Waals surface area contributed by atoms with E-state index in [0.717, 1.165) is 56.2 Å². The zero-order valence-electron chi connectivity index (χ0n) is 15.9. The standard InChI is InChI=1S/C20H28N2O4S/c1-26-14-18-6-3-10-22(18)27(24,25)19-8-7-15-9-11-21(13-17(15)12-19)20(23)16-4-2-5-16/h7-8,12,16,18H,2-6,9-11,13-14H2,1H3. The number of carbonyl (C=O) groups excluding carboxylic acids is 1. The lowest BCUT2D eigenvalue weighted by atomic mass is 9.84. The number of ether oxygens (including phenoxy) is 1. The highest BCUT2D eigenvalue weighted by Gasteiger charge is 2.36. The van der Waals surface area contributed by atoms with E-state index in [1.165, 1.54) is 0 Å². The van der Waals surface area contributed by atoms with E-state index in [2.05, 4.69) is 0 Å². The molecular weight excluding hydrogens is 364 g/mol. The number of amides is 1. The van der Waals surface area contributed by atoms with Gasteiger partial charge in [0.2, 0.25) is 15.9 Å². The van der Waals surface area contributed by atoms with Crippen LogP contribution in [0.5, 0.6) is 0 Å². The molecule has 0 aromatic heterocycles. The summed E-state index contributed by atoms with van der Waals surface area (Å²) in [5, 5.41) is 0. The van der Waals surface area contributed by atoms with Gasteiger partial charge in [-0.15, -0.1) is 0 Å². The van der Waals surface area contributed by atoms with E-state index in [1.54, 1.807) is 23.5 Å². The predicted octanol–water partition coefficient (Wildman–Crippen LogP) is 2.17. The average molecular weight is 393 g/mol. The Hall–Kier alpha value is -1.44. The summed E-state index contributed by atoms with van der Waals surface area (Å²) in [6.07, 6.45) is 5.62. The van der Waals surface area contributed by atoms with Crippen LogP contribution in [0.25, 0.3) is 0 Å². The van der Waals surface area contributed by atoms with E-state index in [0.29, 0.717) is 24.6 Å². The van der Waals surface area contributed by atoms with Gasteiger partial charge in [0, 0.05) is 38.7 Å². The molecular formula is C20H28N2O4S. The van der Waals surface area contributed by atoms with Crippen LogP contribution in [0.4, 0.5) is 0 Å². The first kappa shape index (κ1) is 18.9. The first-order valence-electron chi connectivity index (χ1n) is 9.92. The van der Waals surface area contributed by atoms with Crippen molar-refractivity contribution < 1.29 is 17.9 Å². The van der Waals surface area contributed by atoms with Crippen LogP contribution in [0.15, 0.2) is 23.1 Å². The summed E-state index contributed by atoms with van der Waals surface area (Å²) in [5.74, 6) is 0.415. The number of hydrogen-bond donors (Lipinski definition) is 0. The maximum absolute atomic E-state index is 13.2. The molecule has 1 aromatic carbocycles. The van der Waals surface area contributed by atoms with Gasteiger partial charge in [-0.1, -0.05) is 12.5 Å². The smallest absolute Gasteiger partial charge is 0.243 e. The third-order valence-electron chi connectivity index (χ3n) is 6.24. The first-order valence-corrected chi connectivity index (χ1v) is 11.4. The summed E-state index contributed by atoms with van der Waals surface area (Å²) in [7, 11) is -1.93. The van der Waals surface area contributed by atoms with E-state index in [4.69, 9.17) is 4.74 Å². The SMILES string of the molecule is COCC1CCCN1S(=O)(=O)c1ccc2c(c1)CN(C(=O)C1CCC1)CC2. The van der Waals surface area contributed by atoms with Gasteiger partial charge in [0.25, 0.3) is 0 Å². The molecule has 1 aliphatic carbocycles. The Morgan fingerprint density at radius 2 is 1.96 bits per heavy atom. The van der Waals surface area contributed by atoms with Crippen molar-refractivity contribution in [3.63, 3.8) is 0 Å². The molecule has 1 amide bonds. The number of carbonyl (C=O) groups is 1. The van der Waals surface area contributed by atoms with Gasteiger partial charge >= 0.3 is 0 Å². The van der Waals surface area contributed by atoms with E-state index >= 15 is 0 Å². The fraction of sp³-hybridized carbons (Fsp3) is 0.650. The van der Waals surface area contributed by atoms with Gasteiger partial charge in [-0.25, -0.2) is 8.42 Å². The molecule has 148 valence electrons. The molecule has 1 saturated carbocycles. The lowest BCUT2D eigenvalue weighted by Crippen LogP contribution is -2.42. The molecule has 0 spiro atoms. The highest BCUT2D eigenvalue weighted by molar-refractivity contribution is 7.89. The Kier molecular flexibility index (Phi) is 5.27. The normalized spacial score (nSPS) is 23.9. The van der Waals surface area contributed by atoms with Gasteiger partial charge in [-0.2, -0.15) is 4.31 Å². The molecule has 2 fully saturated rings. The second kappa shape index (κ2) is 7.53. The molecule has 2 aliphatic heterocycles. The first-order chi connectivity index (χ1) is 13.0. The van der Waals surface area contributed by atoms with Gasteiger partial charge in [0.15, 0.2) is 0 Å². The second-order valence-electron chi connectivity index (χ2n) is 7.94. The van der Waals surface area contributed by atoms with Crippen LogP contribution < -0.4 is 0 Å². The maximum Gasteiger partial charge on any atom is 0.243 e. The Morgan fingerprint density at radius 3 is 2.67 bits per heavy atom. The summed E-state index contributed by atoms with van der Waals surface area (Å²) >= 11 is 0. The number of benzene rings is 1. The molecule has 4 rings (SSSR count). The highest BCUT2D eigenvalue weighted by atomic mass is 32.2. The van der Waals surface area contributed by atoms with Gasteiger partial charge in [-0.05, 0) is 55.4 Å². The minimum Gasteiger partial charge on any atom is -0.383 e. The summed E-state index contributed by atoms with van der Waals surface area (Å²) in [6, 6.07) is 5.34. The minimum absolute atomic E-state index is 0.0901. The third kappa shape index (κ3) is 3.52. The lowest BCUT2D eigenvalue weighted by Gasteiger charge is -2.35. The molecule has 0 radical (unpaired) electrons. The molecule has 6 nitrogen and oxygen atoms in total. The Labute approximate surface area is 161 Å². The molecule has 1 aromatic rings.